The van der Waals surface area contributed by atoms with E-state index in [0.29, 0.717) is 13.2 Å². The predicted molar refractivity (Wildman–Crippen MR) is 110 cm³/mol. The molecule has 4 rings (SSSR count). The quantitative estimate of drug-likeness (QED) is 0.411. The van der Waals surface area contributed by atoms with Crippen LogP contribution < -0.4 is 0 Å². The molecule has 0 radical (unpaired) electrons. The van der Waals surface area contributed by atoms with Gasteiger partial charge in [-0.25, -0.2) is 0 Å². The van der Waals surface area contributed by atoms with Gasteiger partial charge >= 0.3 is 0 Å². The smallest absolute Gasteiger partial charge is 0.0719 e. The van der Waals surface area contributed by atoms with Gasteiger partial charge in [-0.15, -0.1) is 0 Å². The molecule has 0 amide bonds. The van der Waals surface area contributed by atoms with Crippen molar-refractivity contribution < 1.29 is 9.47 Å². The molecular weight excluding hydrogens is 320 g/mol. The molecular formula is C24H26O2. The van der Waals surface area contributed by atoms with Gasteiger partial charge in [-0.2, -0.15) is 0 Å². The van der Waals surface area contributed by atoms with E-state index < -0.39 is 0 Å². The number of benzene rings is 4. The van der Waals surface area contributed by atoms with E-state index in [1.807, 2.05) is 0 Å². The Labute approximate surface area is 155 Å². The fourth-order valence-corrected chi connectivity index (χ4v) is 4.05. The third-order valence-electron chi connectivity index (χ3n) is 5.35. The third kappa shape index (κ3) is 2.65. The molecule has 2 nitrogen and oxygen atoms in total. The summed E-state index contributed by atoms with van der Waals surface area (Å²) >= 11 is 0. The van der Waals surface area contributed by atoms with Crippen LogP contribution in [0.25, 0.3) is 32.3 Å². The van der Waals surface area contributed by atoms with Crippen molar-refractivity contribution >= 4 is 32.3 Å². The summed E-state index contributed by atoms with van der Waals surface area (Å²) in [7, 11) is 3.51. The molecule has 0 heterocycles. The molecule has 4 aromatic carbocycles. The zero-order valence-electron chi connectivity index (χ0n) is 16.3. The summed E-state index contributed by atoms with van der Waals surface area (Å²) in [5.41, 5.74) is 3.95. The molecule has 0 aromatic heterocycles. The summed E-state index contributed by atoms with van der Waals surface area (Å²) in [5, 5.41) is 7.86. The van der Waals surface area contributed by atoms with E-state index in [2.05, 4.69) is 63.2 Å². The van der Waals surface area contributed by atoms with Gasteiger partial charge in [-0.3, -0.25) is 0 Å². The molecule has 134 valence electrons. The van der Waals surface area contributed by atoms with Crippen LogP contribution >= 0.6 is 0 Å². The first-order valence-corrected chi connectivity index (χ1v) is 9.15. The van der Waals surface area contributed by atoms with Crippen LogP contribution in [-0.4, -0.2) is 14.2 Å². The van der Waals surface area contributed by atoms with Crippen molar-refractivity contribution in [2.45, 2.75) is 39.4 Å². The Balaban J connectivity index is 2.15. The van der Waals surface area contributed by atoms with E-state index in [0.717, 1.165) is 0 Å². The number of ether oxygens (including phenoxy) is 2. The zero-order chi connectivity index (χ0) is 18.5. The first kappa shape index (κ1) is 17.3. The maximum Gasteiger partial charge on any atom is 0.0719 e. The van der Waals surface area contributed by atoms with Gasteiger partial charge in [0.2, 0.25) is 0 Å². The lowest BCUT2D eigenvalue weighted by Crippen LogP contribution is -2.11. The first-order valence-electron chi connectivity index (χ1n) is 9.15. The normalized spacial score (nSPS) is 12.7. The van der Waals surface area contributed by atoms with Crippen LogP contribution in [0.4, 0.5) is 0 Å². The molecule has 0 aliphatic rings. The molecule has 0 saturated heterocycles. The summed E-state index contributed by atoms with van der Waals surface area (Å²) in [6, 6.07) is 15.9. The summed E-state index contributed by atoms with van der Waals surface area (Å²) in [4.78, 5) is 0. The van der Waals surface area contributed by atoms with Crippen LogP contribution in [0.2, 0.25) is 0 Å². The summed E-state index contributed by atoms with van der Waals surface area (Å²) in [5.74, 6) is 0. The molecule has 0 bridgehead atoms. The van der Waals surface area contributed by atoms with E-state index >= 15 is 0 Å². The van der Waals surface area contributed by atoms with E-state index in [-0.39, 0.29) is 5.41 Å². The summed E-state index contributed by atoms with van der Waals surface area (Å²) in [6.07, 6.45) is 0. The van der Waals surface area contributed by atoms with Crippen LogP contribution in [-0.2, 0) is 28.1 Å². The fourth-order valence-electron chi connectivity index (χ4n) is 4.05. The highest BCUT2D eigenvalue weighted by molar-refractivity contribution is 6.24. The fraction of sp³-hybridized carbons (Fsp3) is 0.333. The summed E-state index contributed by atoms with van der Waals surface area (Å²) in [6.45, 7) is 8.03. The van der Waals surface area contributed by atoms with Crippen LogP contribution in [0.5, 0.6) is 0 Å². The topological polar surface area (TPSA) is 18.5 Å². The van der Waals surface area contributed by atoms with E-state index in [4.69, 9.17) is 9.47 Å². The predicted octanol–water partition coefficient (Wildman–Crippen LogP) is 6.17. The van der Waals surface area contributed by atoms with E-state index in [9.17, 15) is 0 Å². The van der Waals surface area contributed by atoms with Gasteiger partial charge in [0.1, 0.15) is 0 Å². The van der Waals surface area contributed by atoms with Crippen LogP contribution in [0.15, 0.2) is 42.5 Å². The van der Waals surface area contributed by atoms with E-state index in [1.165, 1.54) is 49.0 Å². The van der Waals surface area contributed by atoms with Crippen molar-refractivity contribution in [2.75, 3.05) is 14.2 Å². The van der Waals surface area contributed by atoms with E-state index in [1.54, 1.807) is 14.2 Å². The average Bonchev–Trinajstić information content (AvgIpc) is 2.60. The molecule has 4 aromatic rings. The lowest BCUT2D eigenvalue weighted by molar-refractivity contribution is 0.181. The molecule has 0 fully saturated rings. The molecule has 2 heteroatoms. The Hall–Kier alpha value is -2.16. The average molecular weight is 346 g/mol. The number of methoxy groups -OCH3 is 2. The second-order valence-electron chi connectivity index (χ2n) is 8.21. The maximum atomic E-state index is 5.47. The molecule has 0 atom stereocenters. The highest BCUT2D eigenvalue weighted by atomic mass is 16.5. The SMILES string of the molecule is COCc1cc(COC)c2ccc3cc(C(C)(C)C)cc4ccc1c2c43. The highest BCUT2D eigenvalue weighted by Crippen LogP contribution is 2.40. The number of hydrogen-bond donors (Lipinski definition) is 0. The van der Waals surface area contributed by atoms with Crippen LogP contribution in [0, 0.1) is 0 Å². The Morgan fingerprint density at radius 3 is 1.62 bits per heavy atom. The minimum absolute atomic E-state index is 0.132. The van der Waals surface area contributed by atoms with Gasteiger partial charge < -0.3 is 9.47 Å². The molecule has 0 aliphatic heterocycles. The molecule has 0 N–H and O–H groups in total. The van der Waals surface area contributed by atoms with Gasteiger partial charge in [-0.1, -0.05) is 57.2 Å². The van der Waals surface area contributed by atoms with Crippen molar-refractivity contribution in [1.29, 1.82) is 0 Å². The molecule has 0 saturated carbocycles. The zero-order valence-corrected chi connectivity index (χ0v) is 16.3. The second-order valence-corrected chi connectivity index (χ2v) is 8.21. The van der Waals surface area contributed by atoms with Crippen molar-refractivity contribution in [2.24, 2.45) is 0 Å². The van der Waals surface area contributed by atoms with Gasteiger partial charge in [0.15, 0.2) is 0 Å². The number of hydrogen-bond acceptors (Lipinski definition) is 2. The van der Waals surface area contributed by atoms with Crippen LogP contribution in [0.1, 0.15) is 37.5 Å². The Kier molecular flexibility index (Phi) is 4.13. The van der Waals surface area contributed by atoms with Gasteiger partial charge in [0.05, 0.1) is 13.2 Å². The Bertz CT molecular complexity index is 1010. The minimum atomic E-state index is 0.132. The lowest BCUT2D eigenvalue weighted by atomic mass is 9.82. The van der Waals surface area contributed by atoms with Gasteiger partial charge in [-0.05, 0) is 60.5 Å². The number of rotatable bonds is 4. The third-order valence-corrected chi connectivity index (χ3v) is 5.35. The van der Waals surface area contributed by atoms with Gasteiger partial charge in [0.25, 0.3) is 0 Å². The van der Waals surface area contributed by atoms with Crippen molar-refractivity contribution in [3.8, 4) is 0 Å². The Morgan fingerprint density at radius 1 is 0.692 bits per heavy atom. The molecule has 0 aliphatic carbocycles. The Morgan fingerprint density at radius 2 is 1.19 bits per heavy atom. The van der Waals surface area contributed by atoms with Crippen molar-refractivity contribution in [1.82, 2.24) is 0 Å². The molecule has 0 spiro atoms. The maximum absolute atomic E-state index is 5.47. The molecule has 0 unspecified atom stereocenters. The first-order chi connectivity index (χ1) is 12.4. The summed E-state index contributed by atoms with van der Waals surface area (Å²) < 4.78 is 10.9. The second kappa shape index (κ2) is 6.22. The van der Waals surface area contributed by atoms with Gasteiger partial charge in [0, 0.05) is 14.2 Å². The monoisotopic (exact) mass is 346 g/mol. The van der Waals surface area contributed by atoms with Crippen molar-refractivity contribution in [3.05, 3.63) is 59.2 Å². The lowest BCUT2D eigenvalue weighted by Gasteiger charge is -2.22. The molecule has 26 heavy (non-hydrogen) atoms. The highest BCUT2D eigenvalue weighted by Gasteiger charge is 2.18. The standard InChI is InChI=1S/C24H26O2/c1-24(2,3)19-11-15-6-8-20-17(13-25-4)10-18(14-26-5)21-9-7-16(12-19)22(15)23(20)21/h6-12H,13-14H2,1-5H3. The minimum Gasteiger partial charge on any atom is -0.380 e. The largest absolute Gasteiger partial charge is 0.380 e. The van der Waals surface area contributed by atoms with Crippen molar-refractivity contribution in [3.63, 3.8) is 0 Å². The van der Waals surface area contributed by atoms with Crippen LogP contribution in [0.3, 0.4) is 0 Å².